The number of rotatable bonds is 4. The minimum atomic E-state index is 0.398. The Bertz CT molecular complexity index is 1410. The molecular weight excluding hydrogens is 418 g/mol. The molecule has 0 amide bonds. The summed E-state index contributed by atoms with van der Waals surface area (Å²) in [5.41, 5.74) is 8.11. The maximum Gasteiger partial charge on any atom is 0.158 e. The monoisotopic (exact) mass is 445 g/mol. The third-order valence-electron chi connectivity index (χ3n) is 6.50. The summed E-state index contributed by atoms with van der Waals surface area (Å²) in [4.78, 5) is 9.34. The number of H-pyrrole nitrogens is 1. The van der Waals surface area contributed by atoms with Gasteiger partial charge in [-0.2, -0.15) is 10.2 Å². The van der Waals surface area contributed by atoms with Crippen molar-refractivity contribution in [2.75, 3.05) is 13.1 Å². The van der Waals surface area contributed by atoms with E-state index < -0.39 is 0 Å². The van der Waals surface area contributed by atoms with Gasteiger partial charge in [0.1, 0.15) is 6.33 Å². The van der Waals surface area contributed by atoms with Crippen LogP contribution in [-0.2, 0) is 0 Å². The van der Waals surface area contributed by atoms with Gasteiger partial charge in [0.05, 0.1) is 28.1 Å². The van der Waals surface area contributed by atoms with Crippen LogP contribution in [0.4, 0.5) is 0 Å². The first-order chi connectivity index (χ1) is 15.6. The fourth-order valence-electron chi connectivity index (χ4n) is 4.89. The zero-order valence-electron chi connectivity index (χ0n) is 18.6. The lowest BCUT2D eigenvalue weighted by Gasteiger charge is -2.22. The molecule has 8 heteroatoms. The van der Waals surface area contributed by atoms with Gasteiger partial charge >= 0.3 is 0 Å². The predicted octanol–water partition coefficient (Wildman–Crippen LogP) is 5.16. The summed E-state index contributed by atoms with van der Waals surface area (Å²) in [6, 6.07) is 4.98. The molecule has 1 fully saturated rings. The molecule has 1 aliphatic heterocycles. The fourth-order valence-corrected chi connectivity index (χ4v) is 6.17. The van der Waals surface area contributed by atoms with Crippen LogP contribution in [0, 0.1) is 6.92 Å². The summed E-state index contributed by atoms with van der Waals surface area (Å²) in [5.74, 6) is 0.398. The maximum atomic E-state index is 4.70. The van der Waals surface area contributed by atoms with Crippen molar-refractivity contribution in [2.45, 2.75) is 45.6 Å². The van der Waals surface area contributed by atoms with Crippen LogP contribution in [-0.4, -0.2) is 42.5 Å². The number of nitrogens with zero attached hydrogens (tertiary/aromatic N) is 5. The van der Waals surface area contributed by atoms with E-state index >= 15 is 0 Å². The van der Waals surface area contributed by atoms with E-state index in [4.69, 9.17) is 5.10 Å². The van der Waals surface area contributed by atoms with Gasteiger partial charge in [0.15, 0.2) is 5.65 Å². The molecule has 0 radical (unpaired) electrons. The maximum absolute atomic E-state index is 4.70. The number of hydrogen-bond donors (Lipinski definition) is 2. The minimum absolute atomic E-state index is 0.398. The Morgan fingerprint density at radius 3 is 2.75 bits per heavy atom. The molecule has 0 aliphatic carbocycles. The second kappa shape index (κ2) is 7.56. The van der Waals surface area contributed by atoms with Crippen molar-refractivity contribution in [3.8, 4) is 21.7 Å². The van der Waals surface area contributed by atoms with Gasteiger partial charge in [0, 0.05) is 28.4 Å². The molecule has 6 heterocycles. The molecule has 7 nitrogen and oxygen atoms in total. The molecule has 0 atom stereocenters. The van der Waals surface area contributed by atoms with Gasteiger partial charge in [0.25, 0.3) is 0 Å². The molecule has 2 N–H and O–H groups in total. The van der Waals surface area contributed by atoms with Crippen molar-refractivity contribution in [3.63, 3.8) is 0 Å². The van der Waals surface area contributed by atoms with Crippen LogP contribution in [0.2, 0.25) is 0 Å². The van der Waals surface area contributed by atoms with Gasteiger partial charge in [-0.1, -0.05) is 13.8 Å². The summed E-state index contributed by atoms with van der Waals surface area (Å²) in [7, 11) is 0. The topological polar surface area (TPSA) is 75.8 Å². The number of aryl methyl sites for hydroxylation is 1. The molecule has 0 saturated carbocycles. The Morgan fingerprint density at radius 1 is 1.09 bits per heavy atom. The van der Waals surface area contributed by atoms with Crippen molar-refractivity contribution >= 4 is 27.2 Å². The average molecular weight is 446 g/mol. The van der Waals surface area contributed by atoms with Crippen molar-refractivity contribution in [1.29, 1.82) is 0 Å². The van der Waals surface area contributed by atoms with Crippen LogP contribution in [0.25, 0.3) is 37.6 Å². The van der Waals surface area contributed by atoms with Crippen LogP contribution in [0.15, 0.2) is 37.1 Å². The normalized spacial score (nSPS) is 15.5. The Morgan fingerprint density at radius 2 is 1.94 bits per heavy atom. The van der Waals surface area contributed by atoms with E-state index in [0.29, 0.717) is 12.0 Å². The molecule has 6 rings (SSSR count). The third-order valence-corrected chi connectivity index (χ3v) is 7.72. The van der Waals surface area contributed by atoms with Crippen molar-refractivity contribution in [2.24, 2.45) is 0 Å². The first-order valence-electron chi connectivity index (χ1n) is 11.3. The molecule has 0 aromatic carbocycles. The Balaban J connectivity index is 1.41. The lowest BCUT2D eigenvalue weighted by atomic mass is 9.99. The number of aromatic amines is 1. The second-order valence-corrected chi connectivity index (χ2v) is 10.1. The lowest BCUT2D eigenvalue weighted by Crippen LogP contribution is -2.29. The highest BCUT2D eigenvalue weighted by molar-refractivity contribution is 7.22. The fraction of sp³-hybridized carbons (Fsp3) is 0.375. The lowest BCUT2D eigenvalue weighted by molar-refractivity contribution is 0.343. The number of pyridine rings is 1. The van der Waals surface area contributed by atoms with Crippen LogP contribution < -0.4 is 5.32 Å². The summed E-state index contributed by atoms with van der Waals surface area (Å²) in [5, 5.41) is 12.5. The number of nitrogens with one attached hydrogen (secondary N) is 2. The van der Waals surface area contributed by atoms with E-state index in [2.05, 4.69) is 70.4 Å². The van der Waals surface area contributed by atoms with Gasteiger partial charge in [-0.05, 0) is 62.0 Å². The highest BCUT2D eigenvalue weighted by Gasteiger charge is 2.21. The highest BCUT2D eigenvalue weighted by atomic mass is 32.1. The zero-order chi connectivity index (χ0) is 21.8. The van der Waals surface area contributed by atoms with E-state index in [9.17, 15) is 0 Å². The van der Waals surface area contributed by atoms with Crippen LogP contribution in [0.1, 0.15) is 49.8 Å². The van der Waals surface area contributed by atoms with Crippen LogP contribution >= 0.6 is 11.3 Å². The molecule has 1 saturated heterocycles. The molecule has 5 aromatic rings. The summed E-state index contributed by atoms with van der Waals surface area (Å²) in [6.45, 7) is 8.76. The van der Waals surface area contributed by atoms with E-state index in [0.717, 1.165) is 42.7 Å². The molecule has 0 bridgehead atoms. The largest absolute Gasteiger partial charge is 0.354 e. The van der Waals surface area contributed by atoms with Gasteiger partial charge in [-0.3, -0.25) is 4.68 Å². The molecule has 1 aliphatic rings. The van der Waals surface area contributed by atoms with Crippen LogP contribution in [0.3, 0.4) is 0 Å². The Hall–Kier alpha value is -2.97. The number of aromatic nitrogens is 6. The summed E-state index contributed by atoms with van der Waals surface area (Å²) >= 11 is 1.86. The Labute approximate surface area is 190 Å². The quantitative estimate of drug-likeness (QED) is 0.401. The zero-order valence-corrected chi connectivity index (χ0v) is 19.4. The van der Waals surface area contributed by atoms with Crippen molar-refractivity contribution < 1.29 is 0 Å². The first-order valence-corrected chi connectivity index (χ1v) is 12.1. The molecule has 5 aromatic heterocycles. The number of fused-ring (bicyclic) bond motifs is 2. The van der Waals surface area contributed by atoms with E-state index in [1.54, 1.807) is 6.33 Å². The van der Waals surface area contributed by atoms with E-state index in [1.165, 1.54) is 31.9 Å². The van der Waals surface area contributed by atoms with Gasteiger partial charge in [0.2, 0.25) is 0 Å². The van der Waals surface area contributed by atoms with E-state index in [-0.39, 0.29) is 0 Å². The van der Waals surface area contributed by atoms with Crippen molar-refractivity contribution in [3.05, 3.63) is 48.2 Å². The molecule has 164 valence electrons. The second-order valence-electron chi connectivity index (χ2n) is 9.05. The molecule has 0 spiro atoms. The van der Waals surface area contributed by atoms with Gasteiger partial charge in [-0.25, -0.2) is 9.50 Å². The smallest absolute Gasteiger partial charge is 0.158 e. The van der Waals surface area contributed by atoms with E-state index in [1.807, 2.05) is 22.0 Å². The van der Waals surface area contributed by atoms with Crippen LogP contribution in [0.5, 0.6) is 0 Å². The average Bonchev–Trinajstić information content (AvgIpc) is 3.55. The van der Waals surface area contributed by atoms with Gasteiger partial charge < -0.3 is 10.3 Å². The summed E-state index contributed by atoms with van der Waals surface area (Å²) < 4.78 is 5.36. The van der Waals surface area contributed by atoms with Gasteiger partial charge in [-0.15, -0.1) is 11.3 Å². The molecule has 32 heavy (non-hydrogen) atoms. The predicted molar refractivity (Wildman–Crippen MR) is 129 cm³/mol. The number of hydrogen-bond acceptors (Lipinski definition) is 5. The SMILES string of the molecule is Cc1cc(-c2[nH]c3cc(-c4cnn(C5CCNCC5)c4)sc3c2C(C)C)cn2ncnc12. The molecule has 0 unspecified atom stereocenters. The van der Waals surface area contributed by atoms with Crippen molar-refractivity contribution in [1.82, 2.24) is 34.7 Å². The number of piperidine rings is 1. The molecular formula is C24H27N7S. The standard InChI is InChI=1S/C24H27N7S/c1-14(2)21-22(16-8-15(3)24-26-13-28-31(24)11-16)29-19-9-20(32-23(19)21)17-10-27-30(12-17)18-4-6-25-7-5-18/h8-14,18,25,29H,4-7H2,1-3H3. The highest BCUT2D eigenvalue weighted by Crippen LogP contribution is 2.43. The third kappa shape index (κ3) is 3.17. The number of thiophene rings is 1. The summed E-state index contributed by atoms with van der Waals surface area (Å²) in [6.07, 6.45) is 10.2. The Kier molecular flexibility index (Phi) is 4.66. The minimum Gasteiger partial charge on any atom is -0.354 e. The first kappa shape index (κ1) is 19.7.